The molecule has 0 saturated heterocycles. The molecule has 0 aliphatic carbocycles. The van der Waals surface area contributed by atoms with E-state index in [1.54, 1.807) is 24.8 Å². The number of hydrogen-bond acceptors (Lipinski definition) is 6. The van der Waals surface area contributed by atoms with E-state index in [9.17, 15) is 9.59 Å². The van der Waals surface area contributed by atoms with E-state index < -0.39 is 0 Å². The predicted molar refractivity (Wildman–Crippen MR) is 130 cm³/mol. The molecule has 7 nitrogen and oxygen atoms in total. The molecule has 0 fully saturated rings. The Hall–Kier alpha value is -4.00. The molecule has 0 bridgehead atoms. The Bertz CT molecular complexity index is 1160. The zero-order chi connectivity index (χ0) is 23.9. The maximum absolute atomic E-state index is 13.6. The second kappa shape index (κ2) is 10.7. The lowest BCUT2D eigenvalue weighted by molar-refractivity contribution is -0.138. The lowest BCUT2D eigenvalue weighted by Gasteiger charge is -2.25. The van der Waals surface area contributed by atoms with Gasteiger partial charge in [-0.3, -0.25) is 24.5 Å². The van der Waals surface area contributed by atoms with Gasteiger partial charge in [-0.15, -0.1) is 0 Å². The molecule has 2 amide bonds. The molecule has 1 aromatic carbocycles. The van der Waals surface area contributed by atoms with Gasteiger partial charge in [0.1, 0.15) is 11.4 Å². The molecule has 3 heterocycles. The third kappa shape index (κ3) is 4.98. The van der Waals surface area contributed by atoms with Gasteiger partial charge in [-0.05, 0) is 73.4 Å². The molecule has 3 aromatic rings. The van der Waals surface area contributed by atoms with E-state index in [0.29, 0.717) is 36.5 Å². The lowest BCUT2D eigenvalue weighted by Crippen LogP contribution is -2.35. The van der Waals surface area contributed by atoms with Crippen LogP contribution in [0.5, 0.6) is 5.75 Å². The number of rotatable bonds is 10. The quantitative estimate of drug-likeness (QED) is 0.433. The highest BCUT2D eigenvalue weighted by Gasteiger charge is 2.41. The molecular formula is C27H28N4O3. The summed E-state index contributed by atoms with van der Waals surface area (Å²) >= 11 is 0. The fourth-order valence-corrected chi connectivity index (χ4v) is 4.06. The predicted octanol–water partition coefficient (Wildman–Crippen LogP) is 3.72. The third-order valence-electron chi connectivity index (χ3n) is 5.81. The lowest BCUT2D eigenvalue weighted by atomic mass is 10.0. The molecule has 0 spiro atoms. The highest BCUT2D eigenvalue weighted by molar-refractivity contribution is 6.35. The molecule has 174 valence electrons. The van der Waals surface area contributed by atoms with Crippen LogP contribution in [0.15, 0.2) is 79.0 Å². The number of benzene rings is 1. The minimum absolute atomic E-state index is 0.201. The number of pyridine rings is 2. The minimum atomic E-state index is -0.289. The molecule has 7 heteroatoms. The van der Waals surface area contributed by atoms with Gasteiger partial charge in [0.2, 0.25) is 0 Å². The van der Waals surface area contributed by atoms with Crippen molar-refractivity contribution in [3.05, 3.63) is 95.7 Å². The van der Waals surface area contributed by atoms with Crippen LogP contribution in [-0.2, 0) is 22.6 Å². The second-order valence-electron chi connectivity index (χ2n) is 7.92. The van der Waals surface area contributed by atoms with E-state index in [2.05, 4.69) is 9.97 Å². The Kier molecular flexibility index (Phi) is 7.32. The average Bonchev–Trinajstić information content (AvgIpc) is 3.11. The fourth-order valence-electron chi connectivity index (χ4n) is 4.06. The van der Waals surface area contributed by atoms with Gasteiger partial charge in [0.15, 0.2) is 0 Å². The van der Waals surface area contributed by atoms with Crippen LogP contribution in [0.3, 0.4) is 0 Å². The van der Waals surface area contributed by atoms with Crippen LogP contribution in [0.25, 0.3) is 5.57 Å². The highest BCUT2D eigenvalue weighted by Crippen LogP contribution is 2.33. The number of amides is 2. The SMILES string of the molecule is CCOc1ccc(C2=C(N(CC)CCc3ccncc3)C(=O)N(Cc3ccncc3)C2=O)cc1. The number of likely N-dealkylation sites (N-methyl/N-ethyl adjacent to an activating group) is 1. The van der Waals surface area contributed by atoms with E-state index >= 15 is 0 Å². The highest BCUT2D eigenvalue weighted by atomic mass is 16.5. The van der Waals surface area contributed by atoms with Crippen LogP contribution in [0.2, 0.25) is 0 Å². The van der Waals surface area contributed by atoms with E-state index in [4.69, 9.17) is 4.74 Å². The number of ether oxygens (including phenoxy) is 1. The summed E-state index contributed by atoms with van der Waals surface area (Å²) in [5, 5.41) is 0. The minimum Gasteiger partial charge on any atom is -0.494 e. The van der Waals surface area contributed by atoms with Crippen LogP contribution in [0, 0.1) is 0 Å². The van der Waals surface area contributed by atoms with Gasteiger partial charge in [0.05, 0.1) is 18.7 Å². The van der Waals surface area contributed by atoms with Crippen molar-refractivity contribution in [3.8, 4) is 5.75 Å². The number of nitrogens with zero attached hydrogens (tertiary/aromatic N) is 4. The average molecular weight is 457 g/mol. The van der Waals surface area contributed by atoms with Crippen molar-refractivity contribution in [2.24, 2.45) is 0 Å². The molecule has 0 saturated carbocycles. The molecule has 4 rings (SSSR count). The van der Waals surface area contributed by atoms with Crippen molar-refractivity contribution in [2.75, 3.05) is 19.7 Å². The van der Waals surface area contributed by atoms with Crippen molar-refractivity contribution >= 4 is 17.4 Å². The number of hydrogen-bond donors (Lipinski definition) is 0. The van der Waals surface area contributed by atoms with Crippen LogP contribution in [0.1, 0.15) is 30.5 Å². The van der Waals surface area contributed by atoms with Gasteiger partial charge in [-0.1, -0.05) is 12.1 Å². The first-order chi connectivity index (χ1) is 16.6. The fraction of sp³-hybridized carbons (Fsp3) is 0.259. The molecule has 1 aliphatic heterocycles. The van der Waals surface area contributed by atoms with Crippen LogP contribution in [0.4, 0.5) is 0 Å². The molecule has 2 aromatic heterocycles. The Morgan fingerprint density at radius 2 is 1.44 bits per heavy atom. The standard InChI is InChI=1S/C27H28N4O3/c1-3-30(18-13-20-9-14-28-15-10-20)25-24(22-5-7-23(8-6-22)34-4-2)26(32)31(27(25)33)19-21-11-16-29-17-12-21/h5-12,14-17H,3-4,13,18-19H2,1-2H3. The third-order valence-corrected chi connectivity index (χ3v) is 5.81. The number of carbonyl (C=O) groups excluding carboxylic acids is 2. The summed E-state index contributed by atoms with van der Waals surface area (Å²) in [7, 11) is 0. The maximum Gasteiger partial charge on any atom is 0.278 e. The Morgan fingerprint density at radius 1 is 0.824 bits per heavy atom. The Labute approximate surface area is 199 Å². The smallest absolute Gasteiger partial charge is 0.278 e. The first-order valence-electron chi connectivity index (χ1n) is 11.5. The van der Waals surface area contributed by atoms with Gasteiger partial charge < -0.3 is 9.64 Å². The number of carbonyl (C=O) groups is 2. The molecule has 0 unspecified atom stereocenters. The monoisotopic (exact) mass is 456 g/mol. The van der Waals surface area contributed by atoms with Gasteiger partial charge in [0, 0.05) is 37.9 Å². The largest absolute Gasteiger partial charge is 0.494 e. The van der Waals surface area contributed by atoms with Crippen molar-refractivity contribution in [1.82, 2.24) is 19.8 Å². The summed E-state index contributed by atoms with van der Waals surface area (Å²) in [6.45, 7) is 5.89. The number of imide groups is 1. The molecule has 34 heavy (non-hydrogen) atoms. The van der Waals surface area contributed by atoms with Crippen molar-refractivity contribution in [1.29, 1.82) is 0 Å². The topological polar surface area (TPSA) is 75.6 Å². The normalized spacial score (nSPS) is 13.5. The van der Waals surface area contributed by atoms with E-state index in [-0.39, 0.29) is 18.4 Å². The van der Waals surface area contributed by atoms with Gasteiger partial charge in [0.25, 0.3) is 11.8 Å². The summed E-state index contributed by atoms with van der Waals surface area (Å²) in [5.74, 6) is 0.162. The van der Waals surface area contributed by atoms with Crippen molar-refractivity contribution in [2.45, 2.75) is 26.8 Å². The Balaban J connectivity index is 1.69. The summed E-state index contributed by atoms with van der Waals surface area (Å²) < 4.78 is 5.55. The molecule has 0 N–H and O–H groups in total. The molecule has 0 radical (unpaired) electrons. The van der Waals surface area contributed by atoms with Crippen LogP contribution in [-0.4, -0.2) is 51.3 Å². The van der Waals surface area contributed by atoms with Crippen molar-refractivity contribution < 1.29 is 14.3 Å². The summed E-state index contributed by atoms with van der Waals surface area (Å²) in [5.41, 5.74) is 3.56. The second-order valence-corrected chi connectivity index (χ2v) is 7.92. The summed E-state index contributed by atoms with van der Waals surface area (Å²) in [6, 6.07) is 14.9. The van der Waals surface area contributed by atoms with E-state index in [0.717, 1.165) is 23.3 Å². The zero-order valence-electron chi connectivity index (χ0n) is 19.5. The zero-order valence-corrected chi connectivity index (χ0v) is 19.5. The molecule has 1 aliphatic rings. The first kappa shape index (κ1) is 23.2. The van der Waals surface area contributed by atoms with Gasteiger partial charge in [-0.2, -0.15) is 0 Å². The van der Waals surface area contributed by atoms with Gasteiger partial charge >= 0.3 is 0 Å². The summed E-state index contributed by atoms with van der Waals surface area (Å²) in [6.07, 6.45) is 7.58. The van der Waals surface area contributed by atoms with Crippen LogP contribution < -0.4 is 4.74 Å². The molecule has 0 atom stereocenters. The van der Waals surface area contributed by atoms with Crippen LogP contribution >= 0.6 is 0 Å². The molecular weight excluding hydrogens is 428 g/mol. The maximum atomic E-state index is 13.6. The van der Waals surface area contributed by atoms with Gasteiger partial charge in [-0.25, -0.2) is 0 Å². The number of aromatic nitrogens is 2. The first-order valence-corrected chi connectivity index (χ1v) is 11.5. The van der Waals surface area contributed by atoms with Crippen molar-refractivity contribution in [3.63, 3.8) is 0 Å². The van der Waals surface area contributed by atoms with E-state index in [1.165, 1.54) is 4.90 Å². The van der Waals surface area contributed by atoms with E-state index in [1.807, 2.05) is 67.3 Å². The Morgan fingerprint density at radius 3 is 2.03 bits per heavy atom. The summed E-state index contributed by atoms with van der Waals surface area (Å²) in [4.78, 5) is 38.7.